The van der Waals surface area contributed by atoms with E-state index in [2.05, 4.69) is 10.2 Å². The lowest BCUT2D eigenvalue weighted by molar-refractivity contribution is -0.000518. The molecule has 43 heavy (non-hydrogen) atoms. The normalized spacial score (nSPS) is 17.1. The highest BCUT2D eigenvalue weighted by molar-refractivity contribution is 7.19. The predicted octanol–water partition coefficient (Wildman–Crippen LogP) is 5.91. The Morgan fingerprint density at radius 1 is 1.05 bits per heavy atom. The van der Waals surface area contributed by atoms with Gasteiger partial charge in [-0.2, -0.15) is 0 Å². The van der Waals surface area contributed by atoms with Gasteiger partial charge in [0.2, 0.25) is 0 Å². The molecule has 10 heteroatoms. The van der Waals surface area contributed by atoms with Gasteiger partial charge in [-0.1, -0.05) is 18.2 Å². The van der Waals surface area contributed by atoms with Gasteiger partial charge in [0.15, 0.2) is 5.82 Å². The van der Waals surface area contributed by atoms with Crippen LogP contribution in [0.2, 0.25) is 0 Å². The Balaban J connectivity index is 1.08. The van der Waals surface area contributed by atoms with Crippen molar-refractivity contribution in [2.45, 2.75) is 26.2 Å². The molecular weight excluding hydrogens is 565 g/mol. The average molecular weight is 598 g/mol. The minimum absolute atomic E-state index is 0.166. The van der Waals surface area contributed by atoms with Crippen LogP contribution in [0.25, 0.3) is 10.4 Å². The van der Waals surface area contributed by atoms with E-state index in [0.717, 1.165) is 61.0 Å². The number of fused-ring (bicyclic) bond motifs is 3. The summed E-state index contributed by atoms with van der Waals surface area (Å²) in [6.07, 6.45) is 2.43. The van der Waals surface area contributed by atoms with E-state index < -0.39 is 5.82 Å². The summed E-state index contributed by atoms with van der Waals surface area (Å²) in [5.41, 5.74) is 10.6. The number of hydrogen-bond acceptors (Lipinski definition) is 7. The number of aromatic nitrogens is 1. The van der Waals surface area contributed by atoms with Gasteiger partial charge in [-0.25, -0.2) is 9.37 Å². The number of para-hydroxylation sites is 1. The van der Waals surface area contributed by atoms with Crippen molar-refractivity contribution in [2.75, 3.05) is 53.7 Å². The zero-order chi connectivity index (χ0) is 29.7. The number of amides is 2. The van der Waals surface area contributed by atoms with Crippen molar-refractivity contribution < 1.29 is 18.7 Å². The topological polar surface area (TPSA) is 101 Å². The monoisotopic (exact) mass is 597 g/mol. The molecule has 2 aromatic heterocycles. The Kier molecular flexibility index (Phi) is 6.90. The number of nitrogens with one attached hydrogen (secondary N) is 1. The van der Waals surface area contributed by atoms with Crippen molar-refractivity contribution >= 4 is 45.3 Å². The van der Waals surface area contributed by atoms with Gasteiger partial charge < -0.3 is 25.6 Å². The molecule has 0 bridgehead atoms. The van der Waals surface area contributed by atoms with Gasteiger partial charge in [0.1, 0.15) is 10.8 Å². The zero-order valence-electron chi connectivity index (χ0n) is 23.9. The molecule has 2 fully saturated rings. The number of thiophene rings is 1. The molecular formula is C33H32FN5O3S. The second-order valence-electron chi connectivity index (χ2n) is 11.6. The van der Waals surface area contributed by atoms with Gasteiger partial charge in [-0.05, 0) is 68.7 Å². The molecule has 3 aliphatic rings. The number of rotatable bonds is 4. The molecule has 4 aromatic rings. The van der Waals surface area contributed by atoms with E-state index in [1.807, 2.05) is 43.3 Å². The summed E-state index contributed by atoms with van der Waals surface area (Å²) in [5.74, 6) is -0.136. The number of benzene rings is 2. The Hall–Kier alpha value is -4.28. The average Bonchev–Trinajstić information content (AvgIpc) is 3.19. The van der Waals surface area contributed by atoms with Gasteiger partial charge in [0.05, 0.1) is 11.3 Å². The number of hydrogen-bond donors (Lipinski definition) is 2. The van der Waals surface area contributed by atoms with Crippen LogP contribution in [0.1, 0.15) is 44.8 Å². The summed E-state index contributed by atoms with van der Waals surface area (Å²) in [4.78, 5) is 36.5. The Bertz CT molecular complexity index is 1720. The molecule has 3 N–H and O–H groups in total. The molecule has 0 unspecified atom stereocenters. The molecule has 7 rings (SSSR count). The minimum Gasteiger partial charge on any atom is -0.388 e. The molecule has 0 saturated carbocycles. The lowest BCUT2D eigenvalue weighted by Crippen LogP contribution is -2.59. The summed E-state index contributed by atoms with van der Waals surface area (Å²) in [6.45, 7) is 5.57. The third kappa shape index (κ3) is 4.94. The Labute approximate surface area is 253 Å². The number of nitrogen functional groups attached to an aromatic ring is 1. The van der Waals surface area contributed by atoms with E-state index in [1.54, 1.807) is 29.2 Å². The number of carbonyl (C=O) groups excluding carboxylic acids is 2. The van der Waals surface area contributed by atoms with E-state index >= 15 is 0 Å². The number of aryl methyl sites for hydroxylation is 1. The van der Waals surface area contributed by atoms with E-state index in [0.29, 0.717) is 41.2 Å². The predicted molar refractivity (Wildman–Crippen MR) is 168 cm³/mol. The molecule has 2 aromatic carbocycles. The molecule has 5 heterocycles. The van der Waals surface area contributed by atoms with Crippen LogP contribution in [-0.2, 0) is 11.2 Å². The third-order valence-corrected chi connectivity index (χ3v) is 9.86. The van der Waals surface area contributed by atoms with Crippen molar-refractivity contribution in [3.63, 3.8) is 0 Å². The summed E-state index contributed by atoms with van der Waals surface area (Å²) in [5, 5.41) is 3.15. The zero-order valence-corrected chi connectivity index (χ0v) is 24.7. The first kappa shape index (κ1) is 27.5. The van der Waals surface area contributed by atoms with Crippen LogP contribution in [0.15, 0.2) is 60.7 Å². The molecule has 2 amide bonds. The van der Waals surface area contributed by atoms with Crippen LogP contribution in [0.3, 0.4) is 0 Å². The molecule has 0 radical (unpaired) electrons. The van der Waals surface area contributed by atoms with Gasteiger partial charge in [-0.3, -0.25) is 9.59 Å². The minimum atomic E-state index is -0.395. The second-order valence-corrected chi connectivity index (χ2v) is 12.7. The van der Waals surface area contributed by atoms with E-state index in [9.17, 15) is 14.0 Å². The Morgan fingerprint density at radius 2 is 1.79 bits per heavy atom. The Morgan fingerprint density at radius 3 is 2.56 bits per heavy atom. The van der Waals surface area contributed by atoms with Gasteiger partial charge in [0, 0.05) is 71.2 Å². The lowest BCUT2D eigenvalue weighted by Gasteiger charge is -2.53. The maximum absolute atomic E-state index is 14.8. The van der Waals surface area contributed by atoms with Crippen LogP contribution in [-0.4, -0.2) is 49.6 Å². The standard InChI is InChI=1S/C33H32FN5O3S/c1-20-6-11-25(30(36-20)38-18-33(19-38)13-16-42-17-14-33)31(40)37-22-9-7-21(8-10-22)32(41)39-15-12-24-27(34)29(35)43-28(24)23-4-2-3-5-26(23)39/h2-11H,12-19,35H2,1H3,(H,37,40). The number of nitrogens with zero attached hydrogens (tertiary/aromatic N) is 3. The van der Waals surface area contributed by atoms with Crippen LogP contribution in [0.5, 0.6) is 0 Å². The van der Waals surface area contributed by atoms with E-state index in [1.165, 1.54) is 11.3 Å². The lowest BCUT2D eigenvalue weighted by atomic mass is 9.73. The summed E-state index contributed by atoms with van der Waals surface area (Å²) >= 11 is 1.21. The summed E-state index contributed by atoms with van der Waals surface area (Å²) in [6, 6.07) is 18.1. The number of anilines is 4. The maximum atomic E-state index is 14.8. The molecule has 2 saturated heterocycles. The van der Waals surface area contributed by atoms with Crippen LogP contribution >= 0.6 is 11.3 Å². The molecule has 1 spiro atoms. The highest BCUT2D eigenvalue weighted by Gasteiger charge is 2.45. The van der Waals surface area contributed by atoms with Gasteiger partial charge in [0.25, 0.3) is 11.8 Å². The third-order valence-electron chi connectivity index (χ3n) is 8.79. The number of carbonyl (C=O) groups is 2. The summed E-state index contributed by atoms with van der Waals surface area (Å²) in [7, 11) is 0. The van der Waals surface area contributed by atoms with Crippen molar-refractivity contribution in [1.82, 2.24) is 4.98 Å². The fraction of sp³-hybridized carbons (Fsp3) is 0.303. The SMILES string of the molecule is Cc1ccc(C(=O)Nc2ccc(C(=O)N3CCc4c(sc(N)c4F)-c4ccccc43)cc2)c(N2CC3(CCOCC3)C2)n1. The number of ether oxygens (including phenoxy) is 1. The fourth-order valence-corrected chi connectivity index (χ4v) is 7.44. The molecule has 0 atom stereocenters. The van der Waals surface area contributed by atoms with Crippen molar-refractivity contribution in [2.24, 2.45) is 5.41 Å². The van der Waals surface area contributed by atoms with Crippen LogP contribution in [0.4, 0.5) is 26.6 Å². The van der Waals surface area contributed by atoms with Crippen molar-refractivity contribution in [3.8, 4) is 10.4 Å². The van der Waals surface area contributed by atoms with Crippen LogP contribution < -0.4 is 20.9 Å². The first-order valence-electron chi connectivity index (χ1n) is 14.5. The van der Waals surface area contributed by atoms with Crippen molar-refractivity contribution in [3.05, 3.63) is 88.9 Å². The first-order valence-corrected chi connectivity index (χ1v) is 15.3. The number of halogens is 1. The summed E-state index contributed by atoms with van der Waals surface area (Å²) < 4.78 is 20.3. The van der Waals surface area contributed by atoms with E-state index in [-0.39, 0.29) is 22.2 Å². The molecule has 0 aliphatic carbocycles. The maximum Gasteiger partial charge on any atom is 0.259 e. The second kappa shape index (κ2) is 10.8. The quantitative estimate of drug-likeness (QED) is 0.303. The first-order chi connectivity index (χ1) is 20.8. The molecule has 220 valence electrons. The highest BCUT2D eigenvalue weighted by Crippen LogP contribution is 2.45. The molecule has 3 aliphatic heterocycles. The smallest absolute Gasteiger partial charge is 0.259 e. The number of nitrogens with two attached hydrogens (primary N) is 1. The van der Waals surface area contributed by atoms with E-state index in [4.69, 9.17) is 15.5 Å². The fourth-order valence-electron chi connectivity index (χ4n) is 6.41. The number of pyridine rings is 1. The largest absolute Gasteiger partial charge is 0.388 e. The van der Waals surface area contributed by atoms with Gasteiger partial charge in [-0.15, -0.1) is 11.3 Å². The van der Waals surface area contributed by atoms with Gasteiger partial charge >= 0.3 is 0 Å². The van der Waals surface area contributed by atoms with Crippen LogP contribution in [0, 0.1) is 18.2 Å². The molecule has 8 nitrogen and oxygen atoms in total. The highest BCUT2D eigenvalue weighted by atomic mass is 32.1. The van der Waals surface area contributed by atoms with Crippen molar-refractivity contribution in [1.29, 1.82) is 0 Å².